The maximum Gasteiger partial charge on any atom is 0.244 e. The lowest BCUT2D eigenvalue weighted by Crippen LogP contribution is -2.35. The molecule has 0 bridgehead atoms. The second-order valence-electron chi connectivity index (χ2n) is 12.8. The number of pyridine rings is 1. The zero-order valence-electron chi connectivity index (χ0n) is 24.4. The van der Waals surface area contributed by atoms with Crippen LogP contribution in [0.4, 0.5) is 0 Å². The van der Waals surface area contributed by atoms with Gasteiger partial charge >= 0.3 is 0 Å². The van der Waals surface area contributed by atoms with Gasteiger partial charge in [0.15, 0.2) is 0 Å². The van der Waals surface area contributed by atoms with E-state index in [1.807, 2.05) is 18.5 Å². The van der Waals surface area contributed by atoms with Crippen LogP contribution in [-0.4, -0.2) is 35.7 Å². The molecule has 0 N–H and O–H groups in total. The molecule has 2 heterocycles. The molecule has 3 fully saturated rings. The fraction of sp³-hybridized carbons (Fsp3) is 0.833. The summed E-state index contributed by atoms with van der Waals surface area (Å²) in [7, 11) is 2.19. The first kappa shape index (κ1) is 31.6. The third-order valence-electron chi connectivity index (χ3n) is 9.05. The molecule has 4 nitrogen and oxygen atoms in total. The third-order valence-corrected chi connectivity index (χ3v) is 11.2. The standard InChI is InChI=1S/C20H39O2PS2.C10H14N2/c1-13(2)17-9-7-15(5)11-19(17)21-23(24,25)22-20-12-16(6)8-10-18(20)14(3)4;1-12-7-3-5-10(12)9-4-2-6-11-8-9/h13-20H,7-12H2,1-6H3,(H,24,25);2,4,6,8,10H,3,5,7H2,1H3/t15-,16-,17+,18+,19-,20-;10-/m00/s1. The predicted molar refractivity (Wildman–Crippen MR) is 165 cm³/mol. The van der Waals surface area contributed by atoms with Crippen LogP contribution in [0, 0.1) is 35.5 Å². The molecular formula is C30H53N2O2PS2. The van der Waals surface area contributed by atoms with Gasteiger partial charge in [-0.15, -0.1) is 0 Å². The Morgan fingerprint density at radius 3 is 1.89 bits per heavy atom. The Labute approximate surface area is 238 Å². The predicted octanol–water partition coefficient (Wildman–Crippen LogP) is 8.94. The van der Waals surface area contributed by atoms with Crippen LogP contribution < -0.4 is 0 Å². The highest BCUT2D eigenvalue weighted by Gasteiger charge is 2.38. The Kier molecular flexibility index (Phi) is 12.5. The van der Waals surface area contributed by atoms with Crippen molar-refractivity contribution >= 4 is 29.7 Å². The van der Waals surface area contributed by atoms with Crippen molar-refractivity contribution in [2.45, 2.75) is 111 Å². The van der Waals surface area contributed by atoms with E-state index in [1.54, 1.807) is 0 Å². The van der Waals surface area contributed by atoms with Crippen LogP contribution in [0.25, 0.3) is 0 Å². The van der Waals surface area contributed by atoms with E-state index in [0.717, 1.165) is 12.8 Å². The highest BCUT2D eigenvalue weighted by Crippen LogP contribution is 2.59. The Hall–Kier alpha value is 0.0300. The SMILES string of the molecule is CC(C)[C@H]1CC[C@H](C)C[C@@H]1OP(=S)(S)O[C@H]1C[C@@H](C)CC[C@@H]1C(C)C.CN1CCC[C@H]1c1cccnc1. The van der Waals surface area contributed by atoms with Crippen molar-refractivity contribution in [1.82, 2.24) is 9.88 Å². The molecule has 2 saturated carbocycles. The zero-order chi connectivity index (χ0) is 27.2. The van der Waals surface area contributed by atoms with Crippen molar-refractivity contribution in [3.05, 3.63) is 30.1 Å². The second-order valence-corrected chi connectivity index (χ2v) is 18.0. The molecule has 4 rings (SSSR count). The summed E-state index contributed by atoms with van der Waals surface area (Å²) in [6.07, 6.45) is 14.1. The maximum atomic E-state index is 6.46. The quantitative estimate of drug-likeness (QED) is 0.262. The minimum absolute atomic E-state index is 0.214. The van der Waals surface area contributed by atoms with Gasteiger partial charge in [0, 0.05) is 18.4 Å². The van der Waals surface area contributed by atoms with Crippen molar-refractivity contribution in [3.63, 3.8) is 0 Å². The summed E-state index contributed by atoms with van der Waals surface area (Å²) in [6.45, 7) is 15.1. The fourth-order valence-electron chi connectivity index (χ4n) is 6.74. The molecule has 7 atom stereocenters. The Morgan fingerprint density at radius 2 is 1.49 bits per heavy atom. The molecule has 1 aromatic rings. The van der Waals surface area contributed by atoms with E-state index in [2.05, 4.69) is 64.5 Å². The Morgan fingerprint density at radius 1 is 0.946 bits per heavy atom. The molecule has 0 spiro atoms. The van der Waals surface area contributed by atoms with Crippen LogP contribution in [0.15, 0.2) is 24.5 Å². The van der Waals surface area contributed by atoms with Crippen molar-refractivity contribution < 1.29 is 9.05 Å². The zero-order valence-corrected chi connectivity index (χ0v) is 27.0. The highest BCUT2D eigenvalue weighted by molar-refractivity contribution is 8.60. The molecule has 0 unspecified atom stereocenters. The highest BCUT2D eigenvalue weighted by atomic mass is 32.9. The molecule has 0 amide bonds. The first-order chi connectivity index (χ1) is 17.5. The summed E-state index contributed by atoms with van der Waals surface area (Å²) in [5, 5.41) is 0. The van der Waals surface area contributed by atoms with E-state index in [4.69, 9.17) is 33.1 Å². The van der Waals surface area contributed by atoms with Crippen LogP contribution >= 0.6 is 17.9 Å². The van der Waals surface area contributed by atoms with E-state index in [9.17, 15) is 0 Å². The summed E-state index contributed by atoms with van der Waals surface area (Å²) >= 11 is 10.6. The molecule has 37 heavy (non-hydrogen) atoms. The van der Waals surface area contributed by atoms with Gasteiger partial charge in [0.25, 0.3) is 0 Å². The van der Waals surface area contributed by atoms with Gasteiger partial charge in [0.1, 0.15) is 0 Å². The molecule has 212 valence electrons. The van der Waals surface area contributed by atoms with Gasteiger partial charge < -0.3 is 9.05 Å². The third kappa shape index (κ3) is 9.57. The van der Waals surface area contributed by atoms with Crippen molar-refractivity contribution in [2.24, 2.45) is 35.5 Å². The van der Waals surface area contributed by atoms with Crippen molar-refractivity contribution in [2.75, 3.05) is 13.6 Å². The Bertz CT molecular complexity index is 817. The monoisotopic (exact) mass is 568 g/mol. The maximum absolute atomic E-state index is 6.46. The fourth-order valence-corrected chi connectivity index (χ4v) is 9.35. The van der Waals surface area contributed by atoms with Gasteiger partial charge in [-0.25, -0.2) is 0 Å². The molecular weight excluding hydrogens is 515 g/mol. The summed E-state index contributed by atoms with van der Waals surface area (Å²) in [5.74, 6) is 3.83. The van der Waals surface area contributed by atoms with Crippen LogP contribution in [0.3, 0.4) is 0 Å². The van der Waals surface area contributed by atoms with E-state index in [0.29, 0.717) is 41.5 Å². The average Bonchev–Trinajstić information content (AvgIpc) is 3.25. The minimum Gasteiger partial charge on any atom is -0.318 e. The normalized spacial score (nSPS) is 33.4. The molecule has 3 aliphatic rings. The van der Waals surface area contributed by atoms with Crippen LogP contribution in [0.5, 0.6) is 0 Å². The van der Waals surface area contributed by atoms with E-state index in [1.165, 1.54) is 50.6 Å². The van der Waals surface area contributed by atoms with Gasteiger partial charge in [0.2, 0.25) is 5.69 Å². The smallest absolute Gasteiger partial charge is 0.244 e. The number of rotatable bonds is 7. The molecule has 1 aliphatic heterocycles. The molecule has 1 saturated heterocycles. The number of thiol groups is 1. The summed E-state index contributed by atoms with van der Waals surface area (Å²) in [4.78, 5) is 6.54. The lowest BCUT2D eigenvalue weighted by molar-refractivity contribution is 0.0143. The van der Waals surface area contributed by atoms with Crippen LogP contribution in [0.2, 0.25) is 0 Å². The first-order valence-electron chi connectivity index (χ1n) is 14.8. The van der Waals surface area contributed by atoms with E-state index < -0.39 is 5.69 Å². The second kappa shape index (κ2) is 14.6. The lowest BCUT2D eigenvalue weighted by Gasteiger charge is -2.42. The van der Waals surface area contributed by atoms with Crippen LogP contribution in [0.1, 0.15) is 105 Å². The first-order valence-corrected chi connectivity index (χ1v) is 18.6. The van der Waals surface area contributed by atoms with E-state index in [-0.39, 0.29) is 12.2 Å². The summed E-state index contributed by atoms with van der Waals surface area (Å²) < 4.78 is 12.9. The number of aromatic nitrogens is 1. The van der Waals surface area contributed by atoms with Crippen molar-refractivity contribution in [3.8, 4) is 0 Å². The average molecular weight is 569 g/mol. The largest absolute Gasteiger partial charge is 0.318 e. The number of hydrogen-bond acceptors (Lipinski definition) is 5. The Balaban J connectivity index is 0.000000262. The summed E-state index contributed by atoms with van der Waals surface area (Å²) in [5.41, 5.74) is -1.15. The van der Waals surface area contributed by atoms with Gasteiger partial charge in [0.05, 0.1) is 12.2 Å². The van der Waals surface area contributed by atoms with Gasteiger partial charge in [-0.05, 0) is 111 Å². The van der Waals surface area contributed by atoms with Gasteiger partial charge in [-0.3, -0.25) is 9.88 Å². The number of nitrogens with zero attached hydrogens (tertiary/aromatic N) is 2. The van der Waals surface area contributed by atoms with Gasteiger partial charge in [-0.2, -0.15) is 0 Å². The molecule has 2 aliphatic carbocycles. The molecule has 1 aromatic heterocycles. The minimum atomic E-state index is -2.51. The van der Waals surface area contributed by atoms with Gasteiger partial charge in [-0.1, -0.05) is 72.7 Å². The van der Waals surface area contributed by atoms with E-state index >= 15 is 0 Å². The van der Waals surface area contributed by atoms with Crippen LogP contribution in [-0.2, 0) is 20.9 Å². The lowest BCUT2D eigenvalue weighted by atomic mass is 9.75. The molecule has 7 heteroatoms. The number of hydrogen-bond donors (Lipinski definition) is 1. The molecule has 0 radical (unpaired) electrons. The summed E-state index contributed by atoms with van der Waals surface area (Å²) in [6, 6.07) is 4.79. The number of likely N-dealkylation sites (tertiary alicyclic amines) is 1. The topological polar surface area (TPSA) is 34.6 Å². The molecule has 0 aromatic carbocycles. The van der Waals surface area contributed by atoms with Crippen molar-refractivity contribution in [1.29, 1.82) is 0 Å².